The summed E-state index contributed by atoms with van der Waals surface area (Å²) in [7, 11) is 1.62. The summed E-state index contributed by atoms with van der Waals surface area (Å²) in [5.74, 6) is 0.0132. The second-order valence-corrected chi connectivity index (χ2v) is 10.9. The summed E-state index contributed by atoms with van der Waals surface area (Å²) in [5.41, 5.74) is 4.11. The first-order chi connectivity index (χ1) is 18.1. The maximum atomic E-state index is 13.8. The minimum Gasteiger partial charge on any atom is -0.503 e. The fourth-order valence-electron chi connectivity index (χ4n) is 5.10. The Balaban J connectivity index is 1.81. The van der Waals surface area contributed by atoms with E-state index in [0.717, 1.165) is 17.0 Å². The van der Waals surface area contributed by atoms with Crippen molar-refractivity contribution < 1.29 is 28.9 Å². The average Bonchev–Trinajstić information content (AvgIpc) is 2.89. The van der Waals surface area contributed by atoms with E-state index in [0.29, 0.717) is 46.3 Å². The maximum Gasteiger partial charge on any atom is 0.336 e. The molecule has 1 aliphatic carbocycles. The summed E-state index contributed by atoms with van der Waals surface area (Å²) < 4.78 is 17.0. The third-order valence-electron chi connectivity index (χ3n) is 6.87. The number of esters is 1. The Labute approximate surface area is 232 Å². The van der Waals surface area contributed by atoms with Crippen LogP contribution in [0, 0.1) is 5.92 Å². The molecule has 0 saturated carbocycles. The Kier molecular flexibility index (Phi) is 8.51. The van der Waals surface area contributed by atoms with Gasteiger partial charge in [0.15, 0.2) is 17.3 Å². The quantitative estimate of drug-likeness (QED) is 0.361. The molecule has 2 aromatic carbocycles. The third-order valence-corrected chi connectivity index (χ3v) is 7.47. The molecule has 2 atom stereocenters. The Hall–Kier alpha value is -3.26. The molecular weight excluding hydrogens is 550 g/mol. The molecule has 8 heteroatoms. The average molecular weight is 585 g/mol. The summed E-state index contributed by atoms with van der Waals surface area (Å²) in [5, 5.41) is 13.9. The Bertz CT molecular complexity index is 1290. The van der Waals surface area contributed by atoms with E-state index < -0.39 is 11.9 Å². The smallest absolute Gasteiger partial charge is 0.336 e. The van der Waals surface area contributed by atoms with Crippen LogP contribution in [0.5, 0.6) is 17.2 Å². The predicted octanol–water partition coefficient (Wildman–Crippen LogP) is 6.12. The van der Waals surface area contributed by atoms with E-state index in [1.807, 2.05) is 52.0 Å². The molecule has 38 heavy (non-hydrogen) atoms. The number of phenolic OH excluding ortho intramolecular Hbond substituents is 1. The van der Waals surface area contributed by atoms with Gasteiger partial charge in [-0.1, -0.05) is 26.0 Å². The SMILES string of the molecule is CCOc1cc(C2C(C(=O)OCC(C)C)=C(C)NC3=C2C(=O)CC(c2ccc(OC)cc2)C3)cc(Br)c1O. The zero-order chi connectivity index (χ0) is 27.6. The summed E-state index contributed by atoms with van der Waals surface area (Å²) in [4.78, 5) is 27.3. The van der Waals surface area contributed by atoms with Gasteiger partial charge in [0.25, 0.3) is 0 Å². The number of methoxy groups -OCH3 is 1. The second kappa shape index (κ2) is 11.6. The maximum absolute atomic E-state index is 13.8. The summed E-state index contributed by atoms with van der Waals surface area (Å²) in [6.07, 6.45) is 0.932. The van der Waals surface area contributed by atoms with Crippen LogP contribution in [-0.4, -0.2) is 37.2 Å². The van der Waals surface area contributed by atoms with E-state index in [2.05, 4.69) is 21.2 Å². The standard InChI is InChI=1S/C30H34BrNO6/c1-6-37-25-14-20(11-22(31)29(25)34)27-26(30(35)38-15-16(2)3)17(4)32-23-12-19(13-24(33)28(23)27)18-7-9-21(36-5)10-8-18/h7-11,14,16,19,27,32,34H,6,12-13,15H2,1-5H3. The molecule has 2 aromatic rings. The van der Waals surface area contributed by atoms with E-state index in [4.69, 9.17) is 14.2 Å². The van der Waals surface area contributed by atoms with E-state index in [1.165, 1.54) is 0 Å². The number of hydrogen-bond acceptors (Lipinski definition) is 7. The highest BCUT2D eigenvalue weighted by molar-refractivity contribution is 9.10. The van der Waals surface area contributed by atoms with Crippen LogP contribution in [0.4, 0.5) is 0 Å². The van der Waals surface area contributed by atoms with Gasteiger partial charge in [-0.05, 0) is 83.4 Å². The molecule has 0 bridgehead atoms. The topological polar surface area (TPSA) is 94.1 Å². The van der Waals surface area contributed by atoms with Crippen LogP contribution in [0.3, 0.4) is 0 Å². The molecule has 0 amide bonds. The highest BCUT2D eigenvalue weighted by Gasteiger charge is 2.42. The highest BCUT2D eigenvalue weighted by atomic mass is 79.9. The van der Waals surface area contributed by atoms with Gasteiger partial charge in [0.1, 0.15) is 5.75 Å². The number of halogens is 1. The van der Waals surface area contributed by atoms with Crippen LogP contribution >= 0.6 is 15.9 Å². The van der Waals surface area contributed by atoms with Gasteiger partial charge < -0.3 is 24.6 Å². The highest BCUT2D eigenvalue weighted by Crippen LogP contribution is 2.48. The first-order valence-electron chi connectivity index (χ1n) is 12.8. The molecule has 2 N–H and O–H groups in total. The monoisotopic (exact) mass is 583 g/mol. The van der Waals surface area contributed by atoms with E-state index in [-0.39, 0.29) is 35.7 Å². The van der Waals surface area contributed by atoms with Crippen molar-refractivity contribution in [3.05, 3.63) is 74.5 Å². The molecule has 0 fully saturated rings. The number of benzene rings is 2. The van der Waals surface area contributed by atoms with Crippen LogP contribution in [0.15, 0.2) is 63.4 Å². The molecule has 1 heterocycles. The fourth-order valence-corrected chi connectivity index (χ4v) is 5.56. The van der Waals surface area contributed by atoms with Gasteiger partial charge in [-0.2, -0.15) is 0 Å². The van der Waals surface area contributed by atoms with Crippen molar-refractivity contribution in [1.29, 1.82) is 0 Å². The zero-order valence-electron chi connectivity index (χ0n) is 22.4. The van der Waals surface area contributed by atoms with Gasteiger partial charge in [-0.3, -0.25) is 4.79 Å². The number of phenols is 1. The molecule has 202 valence electrons. The minimum absolute atomic E-state index is 0.00640. The summed E-state index contributed by atoms with van der Waals surface area (Å²) >= 11 is 3.42. The van der Waals surface area contributed by atoms with Crippen molar-refractivity contribution in [2.75, 3.05) is 20.3 Å². The lowest BCUT2D eigenvalue weighted by Crippen LogP contribution is -2.36. The molecule has 1 aliphatic heterocycles. The van der Waals surface area contributed by atoms with Crippen LogP contribution < -0.4 is 14.8 Å². The predicted molar refractivity (Wildman–Crippen MR) is 148 cm³/mol. The van der Waals surface area contributed by atoms with Gasteiger partial charge in [0, 0.05) is 29.3 Å². The summed E-state index contributed by atoms with van der Waals surface area (Å²) in [6, 6.07) is 11.2. The molecule has 0 saturated heterocycles. The van der Waals surface area contributed by atoms with Crippen LogP contribution in [0.25, 0.3) is 0 Å². The number of rotatable bonds is 8. The van der Waals surface area contributed by atoms with Gasteiger partial charge >= 0.3 is 5.97 Å². The van der Waals surface area contributed by atoms with Crippen molar-refractivity contribution in [3.8, 4) is 17.2 Å². The van der Waals surface area contributed by atoms with Crippen molar-refractivity contribution in [3.63, 3.8) is 0 Å². The number of hydrogen-bond donors (Lipinski definition) is 2. The molecule has 2 unspecified atom stereocenters. The van der Waals surface area contributed by atoms with Crippen molar-refractivity contribution in [2.45, 2.75) is 52.4 Å². The van der Waals surface area contributed by atoms with E-state index in [9.17, 15) is 14.7 Å². The van der Waals surface area contributed by atoms with Gasteiger partial charge in [-0.15, -0.1) is 0 Å². The van der Waals surface area contributed by atoms with Gasteiger partial charge in [0.2, 0.25) is 0 Å². The number of ether oxygens (including phenoxy) is 3. The number of Topliss-reactive ketones (excluding diaryl/α,β-unsaturated/α-hetero) is 1. The van der Waals surface area contributed by atoms with Crippen molar-refractivity contribution in [1.82, 2.24) is 5.32 Å². The van der Waals surface area contributed by atoms with Gasteiger partial charge in [-0.25, -0.2) is 4.79 Å². The first-order valence-corrected chi connectivity index (χ1v) is 13.6. The molecular formula is C30H34BrNO6. The molecule has 0 spiro atoms. The second-order valence-electron chi connectivity index (χ2n) is 10.1. The van der Waals surface area contributed by atoms with Crippen LogP contribution in [0.2, 0.25) is 0 Å². The number of carbonyl (C=O) groups is 2. The van der Waals surface area contributed by atoms with Crippen LogP contribution in [0.1, 0.15) is 63.5 Å². The number of nitrogens with one attached hydrogen (secondary N) is 1. The van der Waals surface area contributed by atoms with Crippen LogP contribution in [-0.2, 0) is 14.3 Å². The lowest BCUT2D eigenvalue weighted by Gasteiger charge is -2.37. The number of carbonyl (C=O) groups excluding carboxylic acids is 2. The summed E-state index contributed by atoms with van der Waals surface area (Å²) in [6.45, 7) is 8.23. The van der Waals surface area contributed by atoms with Crippen molar-refractivity contribution >= 4 is 27.7 Å². The van der Waals surface area contributed by atoms with Crippen molar-refractivity contribution in [2.24, 2.45) is 5.92 Å². The lowest BCUT2D eigenvalue weighted by molar-refractivity contribution is -0.140. The van der Waals surface area contributed by atoms with Gasteiger partial charge in [0.05, 0.1) is 30.4 Å². The fraction of sp³-hybridized carbons (Fsp3) is 0.400. The Morgan fingerprint density at radius 1 is 1.16 bits per heavy atom. The number of dihydropyridines is 1. The normalized spacial score (nSPS) is 19.3. The third kappa shape index (κ3) is 5.60. The molecule has 7 nitrogen and oxygen atoms in total. The van der Waals surface area contributed by atoms with E-state index >= 15 is 0 Å². The molecule has 0 aromatic heterocycles. The number of allylic oxidation sites excluding steroid dienone is 3. The molecule has 2 aliphatic rings. The molecule has 0 radical (unpaired) electrons. The van der Waals surface area contributed by atoms with E-state index in [1.54, 1.807) is 19.2 Å². The lowest BCUT2D eigenvalue weighted by atomic mass is 9.71. The zero-order valence-corrected chi connectivity index (χ0v) is 24.0. The minimum atomic E-state index is -0.661. The number of ketones is 1. The Morgan fingerprint density at radius 2 is 1.87 bits per heavy atom. The number of aromatic hydroxyl groups is 1. The molecule has 4 rings (SSSR count). The first kappa shape index (κ1) is 27.8. The Morgan fingerprint density at radius 3 is 2.50 bits per heavy atom. The largest absolute Gasteiger partial charge is 0.503 e.